The molecule has 2 aromatic carbocycles. The Morgan fingerprint density at radius 1 is 1.09 bits per heavy atom. The number of aromatic carboxylic acids is 1. The van der Waals surface area contributed by atoms with Crippen molar-refractivity contribution in [3.63, 3.8) is 0 Å². The molecule has 0 bridgehead atoms. The number of halogens is 5. The van der Waals surface area contributed by atoms with Crippen LogP contribution in [0, 0.1) is 11.7 Å². The van der Waals surface area contributed by atoms with Crippen LogP contribution in [0.4, 0.5) is 17.6 Å². The van der Waals surface area contributed by atoms with Gasteiger partial charge in [0.1, 0.15) is 5.82 Å². The van der Waals surface area contributed by atoms with E-state index in [9.17, 15) is 32.7 Å². The first-order valence-electron chi connectivity index (χ1n) is 15.3. The molecule has 0 radical (unpaired) electrons. The summed E-state index contributed by atoms with van der Waals surface area (Å²) in [5.74, 6) is -3.77. The second-order valence-electron chi connectivity index (χ2n) is 12.8. The quantitative estimate of drug-likeness (QED) is 0.327. The summed E-state index contributed by atoms with van der Waals surface area (Å²) < 4.78 is 65.1. The summed E-state index contributed by atoms with van der Waals surface area (Å²) in [6.45, 7) is 1.67. The van der Waals surface area contributed by atoms with Gasteiger partial charge in [-0.3, -0.25) is 9.59 Å². The van der Waals surface area contributed by atoms with Crippen LogP contribution in [0.5, 0.6) is 0 Å². The molecule has 2 aliphatic heterocycles. The number of ether oxygens (including phenoxy) is 1. The molecule has 3 heterocycles. The van der Waals surface area contributed by atoms with Gasteiger partial charge in [0.15, 0.2) is 0 Å². The summed E-state index contributed by atoms with van der Waals surface area (Å²) in [4.78, 5) is 41.3. The number of fused-ring (bicyclic) bond motifs is 1. The normalized spacial score (nSPS) is 23.5. The first-order valence-corrected chi connectivity index (χ1v) is 15.7. The van der Waals surface area contributed by atoms with Crippen LogP contribution >= 0.6 is 11.6 Å². The molecule has 8 nitrogen and oxygen atoms in total. The van der Waals surface area contributed by atoms with E-state index in [4.69, 9.17) is 16.3 Å². The van der Waals surface area contributed by atoms with Crippen LogP contribution in [0.2, 0.25) is 5.02 Å². The van der Waals surface area contributed by atoms with Crippen LogP contribution in [-0.2, 0) is 27.8 Å². The second-order valence-corrected chi connectivity index (χ2v) is 13.2. The lowest BCUT2D eigenvalue weighted by atomic mass is 9.84. The van der Waals surface area contributed by atoms with Crippen LogP contribution in [0.3, 0.4) is 0 Å². The largest absolute Gasteiger partial charge is 0.478 e. The van der Waals surface area contributed by atoms with E-state index in [2.05, 4.69) is 5.10 Å². The van der Waals surface area contributed by atoms with Gasteiger partial charge in [0, 0.05) is 43.2 Å². The van der Waals surface area contributed by atoms with E-state index in [-0.39, 0.29) is 70.2 Å². The van der Waals surface area contributed by atoms with Gasteiger partial charge in [-0.2, -0.15) is 23.0 Å². The van der Waals surface area contributed by atoms with E-state index < -0.39 is 35.2 Å². The number of hydrogen-bond donors (Lipinski definition) is 1. The number of hydrogen-bond acceptors (Lipinski definition) is 5. The summed E-state index contributed by atoms with van der Waals surface area (Å²) in [5.41, 5.74) is -2.66. The number of likely N-dealkylation sites (tertiary alicyclic amines) is 1. The molecule has 1 spiro atoms. The minimum atomic E-state index is -4.62. The van der Waals surface area contributed by atoms with E-state index in [1.807, 2.05) is 0 Å². The van der Waals surface area contributed by atoms with Crippen LogP contribution in [0.15, 0.2) is 36.4 Å². The number of carboxylic acid groups (broad SMARTS) is 1. The number of nitrogens with zero attached hydrogens (tertiary/aromatic N) is 3. The molecule has 1 saturated carbocycles. The lowest BCUT2D eigenvalue weighted by molar-refractivity contribution is -0.160. The van der Waals surface area contributed by atoms with Crippen molar-refractivity contribution >= 4 is 29.4 Å². The fourth-order valence-electron chi connectivity index (χ4n) is 7.49. The standard InChI is InChI=1S/C33H30ClF4N3O5/c34-23-4-1-3-22(32(10-11-32)33(36,37)38)26(23)29(43)41-25-16-18(28(42)40-13-12-31(17-40)9-2-14-46-31)5-8-21(25)27(39-41)20-7-6-19(30(44)45)15-24(20)35/h1,3-4,6-7,15,18H,2,5,8-14,16-17H2,(H,44,45). The van der Waals surface area contributed by atoms with Crippen LogP contribution in [-0.4, -0.2) is 69.0 Å². The first-order chi connectivity index (χ1) is 21.8. The first kappa shape index (κ1) is 30.9. The molecule has 2 aliphatic carbocycles. The highest BCUT2D eigenvalue weighted by molar-refractivity contribution is 6.34. The van der Waals surface area contributed by atoms with Crippen molar-refractivity contribution in [1.29, 1.82) is 0 Å². The number of aromatic nitrogens is 2. The molecule has 1 amide bonds. The molecule has 2 unspecified atom stereocenters. The number of amides is 1. The highest BCUT2D eigenvalue weighted by Crippen LogP contribution is 2.60. The molecule has 4 aliphatic rings. The maximum atomic E-state index is 15.4. The summed E-state index contributed by atoms with van der Waals surface area (Å²) >= 11 is 6.44. The minimum absolute atomic E-state index is 0.0519. The predicted octanol–water partition coefficient (Wildman–Crippen LogP) is 6.21. The second kappa shape index (κ2) is 10.9. The highest BCUT2D eigenvalue weighted by Gasteiger charge is 2.65. The van der Waals surface area contributed by atoms with E-state index in [1.54, 1.807) is 4.90 Å². The van der Waals surface area contributed by atoms with Crippen molar-refractivity contribution in [2.24, 2.45) is 5.92 Å². The van der Waals surface area contributed by atoms with Gasteiger partial charge in [0.05, 0.1) is 38.6 Å². The van der Waals surface area contributed by atoms with Crippen LogP contribution in [0.1, 0.15) is 76.1 Å². The van der Waals surface area contributed by atoms with Crippen molar-refractivity contribution in [1.82, 2.24) is 14.7 Å². The topological polar surface area (TPSA) is 102 Å². The third kappa shape index (κ3) is 4.92. The molecule has 1 aromatic heterocycles. The predicted molar refractivity (Wildman–Crippen MR) is 157 cm³/mol. The van der Waals surface area contributed by atoms with Gasteiger partial charge in [-0.15, -0.1) is 0 Å². The third-order valence-electron chi connectivity index (χ3n) is 10.1. The fourth-order valence-corrected chi connectivity index (χ4v) is 7.75. The minimum Gasteiger partial charge on any atom is -0.478 e. The van der Waals surface area contributed by atoms with E-state index in [1.165, 1.54) is 30.3 Å². The third-order valence-corrected chi connectivity index (χ3v) is 10.4. The molecule has 3 fully saturated rings. The molecule has 3 aromatic rings. The summed E-state index contributed by atoms with van der Waals surface area (Å²) in [6, 6.07) is 7.27. The van der Waals surface area contributed by atoms with E-state index in [0.29, 0.717) is 37.4 Å². The molecule has 13 heteroatoms. The number of carbonyl (C=O) groups excluding carboxylic acids is 2. The van der Waals surface area contributed by atoms with Crippen LogP contribution in [0.25, 0.3) is 11.3 Å². The summed E-state index contributed by atoms with van der Waals surface area (Å²) in [6.07, 6.45) is -1.79. The lowest BCUT2D eigenvalue weighted by Gasteiger charge is -2.29. The number of rotatable bonds is 5. The summed E-state index contributed by atoms with van der Waals surface area (Å²) in [7, 11) is 0. The Morgan fingerprint density at radius 3 is 2.52 bits per heavy atom. The molecule has 2 saturated heterocycles. The van der Waals surface area contributed by atoms with Crippen molar-refractivity contribution < 1.29 is 41.8 Å². The van der Waals surface area contributed by atoms with Crippen molar-refractivity contribution in [2.45, 2.75) is 68.6 Å². The molecule has 242 valence electrons. The molecule has 1 N–H and O–H groups in total. The molecule has 46 heavy (non-hydrogen) atoms. The Kier molecular flexibility index (Phi) is 7.32. The number of benzene rings is 2. The maximum Gasteiger partial charge on any atom is 0.398 e. The van der Waals surface area contributed by atoms with Gasteiger partial charge in [-0.1, -0.05) is 23.7 Å². The number of carbonyl (C=O) groups is 3. The molecular weight excluding hydrogens is 630 g/mol. The molecule has 2 atom stereocenters. The van der Waals surface area contributed by atoms with Gasteiger partial charge in [-0.25, -0.2) is 9.18 Å². The Hall–Kier alpha value is -3.77. The van der Waals surface area contributed by atoms with Gasteiger partial charge >= 0.3 is 12.1 Å². The van der Waals surface area contributed by atoms with Gasteiger partial charge in [0.2, 0.25) is 5.91 Å². The maximum absolute atomic E-state index is 15.4. The Balaban J connectivity index is 1.31. The smallest absolute Gasteiger partial charge is 0.398 e. The average Bonchev–Trinajstić information content (AvgIpc) is 3.36. The Labute approximate surface area is 266 Å². The zero-order valence-corrected chi connectivity index (χ0v) is 25.4. The van der Waals surface area contributed by atoms with Gasteiger partial charge in [-0.05, 0) is 74.8 Å². The number of carboxylic acids is 1. The van der Waals surface area contributed by atoms with Crippen molar-refractivity contribution in [3.05, 3.63) is 75.2 Å². The van der Waals surface area contributed by atoms with Gasteiger partial charge in [0.25, 0.3) is 5.91 Å². The number of alkyl halides is 3. The van der Waals surface area contributed by atoms with E-state index in [0.717, 1.165) is 30.0 Å². The SMILES string of the molecule is O=C(O)c1ccc(-c2nn(C(=O)c3c(Cl)cccc3C3(C(F)(F)F)CC3)c3c2CCC(C(=O)N2CCC4(CCCO4)C2)C3)c(F)c1. The lowest BCUT2D eigenvalue weighted by Crippen LogP contribution is -2.40. The molecule has 7 rings (SSSR count). The average molecular weight is 660 g/mol. The monoisotopic (exact) mass is 659 g/mol. The van der Waals surface area contributed by atoms with E-state index >= 15 is 4.39 Å². The Bertz CT molecular complexity index is 1780. The highest BCUT2D eigenvalue weighted by atomic mass is 35.5. The van der Waals surface area contributed by atoms with Crippen LogP contribution < -0.4 is 0 Å². The van der Waals surface area contributed by atoms with Crippen molar-refractivity contribution in [2.75, 3.05) is 19.7 Å². The summed E-state index contributed by atoms with van der Waals surface area (Å²) in [5, 5.41) is 13.6. The zero-order chi connectivity index (χ0) is 32.6. The molecular formula is C33H30ClF4N3O5. The van der Waals surface area contributed by atoms with Crippen molar-refractivity contribution in [3.8, 4) is 11.3 Å². The zero-order valence-electron chi connectivity index (χ0n) is 24.6. The Morgan fingerprint density at radius 2 is 1.87 bits per heavy atom. The van der Waals surface area contributed by atoms with Gasteiger partial charge < -0.3 is 14.7 Å². The fraction of sp³-hybridized carbons (Fsp3) is 0.455.